The second-order valence-electron chi connectivity index (χ2n) is 5.07. The Hall–Kier alpha value is -1.53. The van der Waals surface area contributed by atoms with Crippen LogP contribution in [0.15, 0.2) is 53.6 Å². The molecule has 0 saturated heterocycles. The summed E-state index contributed by atoms with van der Waals surface area (Å²) in [7, 11) is -3.00. The molecule has 0 spiro atoms. The Morgan fingerprint density at radius 2 is 1.86 bits per heavy atom. The maximum Gasteiger partial charge on any atom is 0.149 e. The van der Waals surface area contributed by atoms with Crippen molar-refractivity contribution in [3.8, 4) is 0 Å². The number of sulfone groups is 1. The largest absolute Gasteiger partial charge is 0.365 e. The number of anilines is 1. The van der Waals surface area contributed by atoms with E-state index in [4.69, 9.17) is 0 Å². The minimum absolute atomic E-state index is 0.129. The first kappa shape index (κ1) is 16.8. The van der Waals surface area contributed by atoms with Crippen LogP contribution < -0.4 is 4.90 Å². The van der Waals surface area contributed by atoms with E-state index in [9.17, 15) is 8.42 Å². The van der Waals surface area contributed by atoms with E-state index in [1.807, 2.05) is 53.6 Å². The average molecular weight is 336 g/mol. The van der Waals surface area contributed by atoms with Gasteiger partial charge in [-0.1, -0.05) is 6.07 Å². The number of pyridine rings is 1. The molecule has 0 bridgehead atoms. The van der Waals surface area contributed by atoms with Crippen molar-refractivity contribution in [3.63, 3.8) is 0 Å². The van der Waals surface area contributed by atoms with Crippen LogP contribution in [0, 0.1) is 0 Å². The Morgan fingerprint density at radius 1 is 1.14 bits per heavy atom. The summed E-state index contributed by atoms with van der Waals surface area (Å²) in [6.45, 7) is 1.04. The molecule has 0 atom stereocenters. The molecule has 0 radical (unpaired) electrons. The highest BCUT2D eigenvalue weighted by molar-refractivity contribution is 7.98. The normalized spacial score (nSPS) is 11.4. The highest BCUT2D eigenvalue weighted by Crippen LogP contribution is 2.21. The maximum atomic E-state index is 11.5. The van der Waals surface area contributed by atoms with Crippen LogP contribution in [0.4, 0.5) is 5.69 Å². The SMILES string of the molecule is CSc1ccc(N(CCS(C)(=O)=O)Cc2ccccn2)cc1. The van der Waals surface area contributed by atoms with Crippen molar-refractivity contribution in [2.24, 2.45) is 0 Å². The molecule has 0 aliphatic rings. The molecule has 0 N–H and O–H groups in total. The van der Waals surface area contributed by atoms with E-state index in [0.29, 0.717) is 13.1 Å². The predicted molar refractivity (Wildman–Crippen MR) is 93.2 cm³/mol. The minimum Gasteiger partial charge on any atom is -0.365 e. The Labute approximate surface area is 136 Å². The lowest BCUT2D eigenvalue weighted by atomic mass is 10.2. The van der Waals surface area contributed by atoms with E-state index in [2.05, 4.69) is 4.98 Å². The van der Waals surface area contributed by atoms with Gasteiger partial charge in [-0.25, -0.2) is 8.42 Å². The van der Waals surface area contributed by atoms with Gasteiger partial charge >= 0.3 is 0 Å². The van der Waals surface area contributed by atoms with E-state index < -0.39 is 9.84 Å². The summed E-state index contributed by atoms with van der Waals surface area (Å²) in [6.07, 6.45) is 5.05. The summed E-state index contributed by atoms with van der Waals surface area (Å²) in [6, 6.07) is 13.9. The standard InChI is InChI=1S/C16H20N2O2S2/c1-21-16-8-6-15(7-9-16)18(11-12-22(2,19)20)13-14-5-3-4-10-17-14/h3-10H,11-13H2,1-2H3. The number of hydrogen-bond donors (Lipinski definition) is 0. The first-order valence-electron chi connectivity index (χ1n) is 6.94. The molecule has 0 aliphatic carbocycles. The second-order valence-corrected chi connectivity index (χ2v) is 8.21. The highest BCUT2D eigenvalue weighted by atomic mass is 32.2. The Bertz CT molecular complexity index is 686. The van der Waals surface area contributed by atoms with E-state index in [-0.39, 0.29) is 5.75 Å². The fourth-order valence-electron chi connectivity index (χ4n) is 2.06. The molecule has 0 fully saturated rings. The number of thioether (sulfide) groups is 1. The van der Waals surface area contributed by atoms with Crippen LogP contribution >= 0.6 is 11.8 Å². The van der Waals surface area contributed by atoms with Gasteiger partial charge in [-0.2, -0.15) is 0 Å². The summed E-state index contributed by atoms with van der Waals surface area (Å²) in [5.74, 6) is 0.129. The van der Waals surface area contributed by atoms with Gasteiger partial charge in [-0.3, -0.25) is 4.98 Å². The summed E-state index contributed by atoms with van der Waals surface area (Å²) < 4.78 is 22.9. The molecule has 0 aliphatic heterocycles. The van der Waals surface area contributed by atoms with Crippen LogP contribution in [0.5, 0.6) is 0 Å². The Balaban J connectivity index is 2.19. The van der Waals surface area contributed by atoms with Crippen molar-refractivity contribution in [3.05, 3.63) is 54.4 Å². The third kappa shape index (κ3) is 5.35. The van der Waals surface area contributed by atoms with Crippen molar-refractivity contribution in [2.45, 2.75) is 11.4 Å². The lowest BCUT2D eigenvalue weighted by Gasteiger charge is -2.24. The van der Waals surface area contributed by atoms with Gasteiger partial charge in [0.1, 0.15) is 9.84 Å². The second kappa shape index (κ2) is 7.65. The topological polar surface area (TPSA) is 50.3 Å². The molecule has 22 heavy (non-hydrogen) atoms. The number of benzene rings is 1. The van der Waals surface area contributed by atoms with Gasteiger partial charge in [0, 0.05) is 29.6 Å². The predicted octanol–water partition coefficient (Wildman–Crippen LogP) is 2.85. The van der Waals surface area contributed by atoms with E-state index in [1.165, 1.54) is 11.2 Å². The van der Waals surface area contributed by atoms with E-state index in [1.54, 1.807) is 18.0 Å². The first-order valence-corrected chi connectivity index (χ1v) is 10.2. The molecule has 2 rings (SSSR count). The van der Waals surface area contributed by atoms with Crippen LogP contribution in [-0.2, 0) is 16.4 Å². The Kier molecular flexibility index (Phi) is 5.85. The molecular weight excluding hydrogens is 316 g/mol. The van der Waals surface area contributed by atoms with Gasteiger partial charge in [-0.05, 0) is 42.7 Å². The molecule has 2 aromatic rings. The highest BCUT2D eigenvalue weighted by Gasteiger charge is 2.11. The van der Waals surface area contributed by atoms with Gasteiger partial charge in [0.25, 0.3) is 0 Å². The molecular formula is C16H20N2O2S2. The summed E-state index contributed by atoms with van der Waals surface area (Å²) in [5.41, 5.74) is 1.93. The first-order chi connectivity index (χ1) is 10.5. The van der Waals surface area contributed by atoms with Crippen LogP contribution in [-0.4, -0.2) is 38.2 Å². The molecule has 1 aromatic carbocycles. The third-order valence-electron chi connectivity index (χ3n) is 3.25. The molecule has 1 heterocycles. The zero-order valence-electron chi connectivity index (χ0n) is 12.8. The monoisotopic (exact) mass is 336 g/mol. The zero-order chi connectivity index (χ0) is 16.0. The molecule has 0 saturated carbocycles. The molecule has 0 amide bonds. The van der Waals surface area contributed by atoms with Crippen molar-refractivity contribution >= 4 is 27.3 Å². The number of hydrogen-bond acceptors (Lipinski definition) is 5. The van der Waals surface area contributed by atoms with Crippen LogP contribution in [0.25, 0.3) is 0 Å². The number of aromatic nitrogens is 1. The summed E-state index contributed by atoms with van der Waals surface area (Å²) in [5, 5.41) is 0. The van der Waals surface area contributed by atoms with E-state index >= 15 is 0 Å². The van der Waals surface area contributed by atoms with Gasteiger partial charge in [0.15, 0.2) is 0 Å². The molecule has 0 unspecified atom stereocenters. The van der Waals surface area contributed by atoms with Crippen molar-refractivity contribution in [1.29, 1.82) is 0 Å². The molecule has 1 aromatic heterocycles. The molecule has 118 valence electrons. The molecule has 6 heteroatoms. The van der Waals surface area contributed by atoms with Crippen molar-refractivity contribution < 1.29 is 8.42 Å². The van der Waals surface area contributed by atoms with Crippen molar-refractivity contribution in [1.82, 2.24) is 4.98 Å². The number of nitrogens with zero attached hydrogens (tertiary/aromatic N) is 2. The smallest absolute Gasteiger partial charge is 0.149 e. The molecule has 4 nitrogen and oxygen atoms in total. The van der Waals surface area contributed by atoms with Gasteiger partial charge in [0.05, 0.1) is 18.0 Å². The number of rotatable bonds is 7. The minimum atomic E-state index is -3.00. The lowest BCUT2D eigenvalue weighted by Crippen LogP contribution is -2.29. The summed E-state index contributed by atoms with van der Waals surface area (Å²) in [4.78, 5) is 7.56. The fourth-order valence-corrected chi connectivity index (χ4v) is 3.02. The quantitative estimate of drug-likeness (QED) is 0.728. The van der Waals surface area contributed by atoms with Crippen LogP contribution in [0.2, 0.25) is 0 Å². The fraction of sp³-hybridized carbons (Fsp3) is 0.312. The van der Waals surface area contributed by atoms with E-state index in [0.717, 1.165) is 11.4 Å². The maximum absolute atomic E-state index is 11.5. The van der Waals surface area contributed by atoms with Crippen LogP contribution in [0.1, 0.15) is 5.69 Å². The van der Waals surface area contributed by atoms with Crippen molar-refractivity contribution in [2.75, 3.05) is 29.7 Å². The van der Waals surface area contributed by atoms with Gasteiger partial charge in [-0.15, -0.1) is 11.8 Å². The van der Waals surface area contributed by atoms with Gasteiger partial charge in [0.2, 0.25) is 0 Å². The summed E-state index contributed by atoms with van der Waals surface area (Å²) >= 11 is 1.68. The van der Waals surface area contributed by atoms with Crippen LogP contribution in [0.3, 0.4) is 0 Å². The Morgan fingerprint density at radius 3 is 2.41 bits per heavy atom. The average Bonchev–Trinajstić information content (AvgIpc) is 2.52. The zero-order valence-corrected chi connectivity index (χ0v) is 14.4. The lowest BCUT2D eigenvalue weighted by molar-refractivity contribution is 0.600. The third-order valence-corrected chi connectivity index (χ3v) is 4.92. The van der Waals surface area contributed by atoms with Gasteiger partial charge < -0.3 is 4.90 Å².